The fourth-order valence-electron chi connectivity index (χ4n) is 2.02. The molecular formula is C15H18Cl2N2S. The van der Waals surface area contributed by atoms with Crippen molar-refractivity contribution in [1.82, 2.24) is 5.32 Å². The monoisotopic (exact) mass is 328 g/mol. The van der Waals surface area contributed by atoms with Gasteiger partial charge in [0.1, 0.15) is 5.54 Å². The van der Waals surface area contributed by atoms with Crippen molar-refractivity contribution in [2.75, 3.05) is 5.75 Å². The van der Waals surface area contributed by atoms with E-state index in [9.17, 15) is 5.26 Å². The Balaban J connectivity index is 1.74. The van der Waals surface area contributed by atoms with Crippen LogP contribution in [0.5, 0.6) is 0 Å². The zero-order chi connectivity index (χ0) is 14.6. The van der Waals surface area contributed by atoms with Crippen molar-refractivity contribution < 1.29 is 0 Å². The van der Waals surface area contributed by atoms with Crippen LogP contribution < -0.4 is 5.32 Å². The summed E-state index contributed by atoms with van der Waals surface area (Å²) in [6.07, 6.45) is 4.27. The molecule has 0 amide bonds. The van der Waals surface area contributed by atoms with Gasteiger partial charge in [-0.2, -0.15) is 5.26 Å². The van der Waals surface area contributed by atoms with Crippen LogP contribution in [0.4, 0.5) is 0 Å². The summed E-state index contributed by atoms with van der Waals surface area (Å²) in [7, 11) is 0. The number of nitrogens with zero attached hydrogens (tertiary/aromatic N) is 1. The van der Waals surface area contributed by atoms with Crippen LogP contribution in [-0.4, -0.2) is 17.3 Å². The summed E-state index contributed by atoms with van der Waals surface area (Å²) in [4.78, 5) is 1.12. The summed E-state index contributed by atoms with van der Waals surface area (Å²) in [5, 5.41) is 13.9. The molecule has 1 atom stereocenters. The van der Waals surface area contributed by atoms with Crippen molar-refractivity contribution in [1.29, 1.82) is 5.26 Å². The number of halogens is 2. The number of hydrogen-bond donors (Lipinski definition) is 1. The van der Waals surface area contributed by atoms with Crippen LogP contribution in [0.15, 0.2) is 23.1 Å². The van der Waals surface area contributed by atoms with Gasteiger partial charge < -0.3 is 0 Å². The molecular weight excluding hydrogens is 311 g/mol. The molecule has 20 heavy (non-hydrogen) atoms. The molecule has 0 spiro atoms. The fourth-order valence-corrected chi connectivity index (χ4v) is 3.27. The minimum absolute atomic E-state index is 0.390. The molecule has 1 aliphatic carbocycles. The molecule has 2 nitrogen and oxygen atoms in total. The Kier molecular flexibility index (Phi) is 5.63. The topological polar surface area (TPSA) is 35.8 Å². The molecule has 0 radical (unpaired) electrons. The quantitative estimate of drug-likeness (QED) is 0.571. The highest BCUT2D eigenvalue weighted by Gasteiger charge is 2.31. The molecule has 0 aromatic heterocycles. The van der Waals surface area contributed by atoms with Gasteiger partial charge in [-0.1, -0.05) is 23.2 Å². The molecule has 1 unspecified atom stereocenters. The average Bonchev–Trinajstić information content (AvgIpc) is 3.22. The maximum Gasteiger partial charge on any atom is 0.104 e. The average molecular weight is 329 g/mol. The van der Waals surface area contributed by atoms with Gasteiger partial charge in [-0.25, -0.2) is 0 Å². The van der Waals surface area contributed by atoms with E-state index in [-0.39, 0.29) is 5.54 Å². The van der Waals surface area contributed by atoms with Crippen LogP contribution in [-0.2, 0) is 0 Å². The third-order valence-electron chi connectivity index (χ3n) is 3.33. The molecule has 1 saturated carbocycles. The number of thioether (sulfide) groups is 1. The van der Waals surface area contributed by atoms with Gasteiger partial charge in [0, 0.05) is 10.9 Å². The lowest BCUT2D eigenvalue weighted by Crippen LogP contribution is -2.42. The van der Waals surface area contributed by atoms with Crippen molar-refractivity contribution in [3.8, 4) is 6.07 Å². The number of nitrogens with one attached hydrogen (secondary N) is 1. The van der Waals surface area contributed by atoms with E-state index in [4.69, 9.17) is 23.2 Å². The van der Waals surface area contributed by atoms with Gasteiger partial charge in [0.15, 0.2) is 0 Å². The zero-order valence-corrected chi connectivity index (χ0v) is 13.8. The van der Waals surface area contributed by atoms with Crippen molar-refractivity contribution in [3.63, 3.8) is 0 Å². The summed E-state index contributed by atoms with van der Waals surface area (Å²) in [5.41, 5.74) is -0.390. The fraction of sp³-hybridized carbons (Fsp3) is 0.533. The van der Waals surface area contributed by atoms with E-state index in [1.807, 2.05) is 25.1 Å². The lowest BCUT2D eigenvalue weighted by atomic mass is 9.98. The molecule has 1 fully saturated rings. The maximum atomic E-state index is 9.29. The van der Waals surface area contributed by atoms with E-state index in [1.165, 1.54) is 12.8 Å². The lowest BCUT2D eigenvalue weighted by molar-refractivity contribution is 0.412. The van der Waals surface area contributed by atoms with E-state index >= 15 is 0 Å². The minimum atomic E-state index is -0.390. The van der Waals surface area contributed by atoms with E-state index in [1.54, 1.807) is 11.8 Å². The Morgan fingerprint density at radius 1 is 1.40 bits per heavy atom. The molecule has 2 rings (SSSR count). The summed E-state index contributed by atoms with van der Waals surface area (Å²) in [6, 6.07) is 8.65. The molecule has 1 N–H and O–H groups in total. The molecule has 108 valence electrons. The Labute approximate surface area is 134 Å². The first-order valence-corrected chi connectivity index (χ1v) is 8.53. The molecule has 1 aromatic carbocycles. The predicted octanol–water partition coefficient (Wildman–Crippen LogP) is 4.90. The molecule has 0 saturated heterocycles. The van der Waals surface area contributed by atoms with Crippen molar-refractivity contribution in [2.45, 2.75) is 49.1 Å². The Hall–Kier alpha value is -0.400. The SMILES string of the molecule is CC(C#N)(CCCSc1ccc(Cl)c(Cl)c1)NC1CC1. The van der Waals surface area contributed by atoms with Gasteiger partial charge in [-0.05, 0) is 56.6 Å². The minimum Gasteiger partial charge on any atom is -0.297 e. The second-order valence-corrected chi connectivity index (χ2v) is 7.37. The second-order valence-electron chi connectivity index (χ2n) is 5.39. The van der Waals surface area contributed by atoms with Gasteiger partial charge in [0.2, 0.25) is 0 Å². The van der Waals surface area contributed by atoms with Crippen LogP contribution in [0.3, 0.4) is 0 Å². The van der Waals surface area contributed by atoms with Gasteiger partial charge in [0.25, 0.3) is 0 Å². The standard InChI is InChI=1S/C15H18Cl2N2S/c1-15(10-18,19-11-3-4-11)7-2-8-20-12-5-6-13(16)14(17)9-12/h5-6,9,11,19H,2-4,7-8H2,1H3. The van der Waals surface area contributed by atoms with Gasteiger partial charge in [-0.3, -0.25) is 5.32 Å². The van der Waals surface area contributed by atoms with Crippen molar-refractivity contribution >= 4 is 35.0 Å². The first-order chi connectivity index (χ1) is 9.52. The van der Waals surface area contributed by atoms with Gasteiger partial charge in [0.05, 0.1) is 16.1 Å². The number of benzene rings is 1. The van der Waals surface area contributed by atoms with Gasteiger partial charge >= 0.3 is 0 Å². The van der Waals surface area contributed by atoms with Crippen LogP contribution in [0.25, 0.3) is 0 Å². The number of hydrogen-bond acceptors (Lipinski definition) is 3. The van der Waals surface area contributed by atoms with Crippen LogP contribution in [0.2, 0.25) is 10.0 Å². The third-order valence-corrected chi connectivity index (χ3v) is 5.15. The molecule has 1 aliphatic rings. The molecule has 0 bridgehead atoms. The number of nitriles is 1. The van der Waals surface area contributed by atoms with E-state index < -0.39 is 0 Å². The van der Waals surface area contributed by atoms with E-state index in [0.29, 0.717) is 16.1 Å². The first kappa shape index (κ1) is 16.0. The first-order valence-electron chi connectivity index (χ1n) is 6.79. The highest BCUT2D eigenvalue weighted by molar-refractivity contribution is 7.99. The van der Waals surface area contributed by atoms with Gasteiger partial charge in [-0.15, -0.1) is 11.8 Å². The third kappa shape index (κ3) is 4.86. The zero-order valence-electron chi connectivity index (χ0n) is 11.5. The van der Waals surface area contributed by atoms with Crippen LogP contribution >= 0.6 is 35.0 Å². The lowest BCUT2D eigenvalue weighted by Gasteiger charge is -2.23. The highest BCUT2D eigenvalue weighted by atomic mass is 35.5. The van der Waals surface area contributed by atoms with Crippen molar-refractivity contribution in [2.24, 2.45) is 0 Å². The van der Waals surface area contributed by atoms with Crippen LogP contribution in [0, 0.1) is 11.3 Å². The summed E-state index contributed by atoms with van der Waals surface area (Å²) in [6.45, 7) is 2.00. The Morgan fingerprint density at radius 2 is 2.15 bits per heavy atom. The largest absolute Gasteiger partial charge is 0.297 e. The summed E-state index contributed by atoms with van der Waals surface area (Å²) >= 11 is 13.6. The van der Waals surface area contributed by atoms with E-state index in [2.05, 4.69) is 11.4 Å². The molecule has 1 aromatic rings. The molecule has 5 heteroatoms. The normalized spacial score (nSPS) is 17.5. The second kappa shape index (κ2) is 7.04. The molecule has 0 heterocycles. The van der Waals surface area contributed by atoms with Crippen LogP contribution in [0.1, 0.15) is 32.6 Å². The Bertz CT molecular complexity index is 511. The number of rotatable bonds is 7. The predicted molar refractivity (Wildman–Crippen MR) is 86.6 cm³/mol. The summed E-state index contributed by atoms with van der Waals surface area (Å²) < 4.78 is 0. The smallest absolute Gasteiger partial charge is 0.104 e. The molecule has 0 aliphatic heterocycles. The van der Waals surface area contributed by atoms with Crippen molar-refractivity contribution in [3.05, 3.63) is 28.2 Å². The van der Waals surface area contributed by atoms with E-state index in [0.717, 1.165) is 23.5 Å². The Morgan fingerprint density at radius 3 is 2.75 bits per heavy atom. The summed E-state index contributed by atoms with van der Waals surface area (Å²) in [5.74, 6) is 0.974. The highest BCUT2D eigenvalue weighted by Crippen LogP contribution is 2.29. The maximum absolute atomic E-state index is 9.29.